The molecule has 0 N–H and O–H groups in total. The number of quaternary nitrogens is 1. The third kappa shape index (κ3) is 10.7. The maximum Gasteiger partial charge on any atom is 0.105 e. The second kappa shape index (κ2) is 16.1. The lowest BCUT2D eigenvalue weighted by Crippen LogP contribution is -2.46. The zero-order valence-corrected chi connectivity index (χ0v) is 22.0. The largest absolute Gasteiger partial charge is 0.312 e. The van der Waals surface area contributed by atoms with Gasteiger partial charge in [-0.2, -0.15) is 0 Å². The van der Waals surface area contributed by atoms with Crippen LogP contribution in [-0.2, 0) is 19.6 Å². The fourth-order valence-electron chi connectivity index (χ4n) is 5.14. The summed E-state index contributed by atoms with van der Waals surface area (Å²) in [6.07, 6.45) is 16.8. The van der Waals surface area contributed by atoms with Gasteiger partial charge < -0.3 is 4.48 Å². The second-order valence-electron chi connectivity index (χ2n) is 10.2. The SMILES string of the molecule is CCCCCCCC/C=C/CCC[N+](Cc1ccccc1)(Cc1ccccc1)Cc1ccccc1. The molecule has 0 radical (unpaired) electrons. The van der Waals surface area contributed by atoms with Crippen molar-refractivity contribution in [1.82, 2.24) is 0 Å². The van der Waals surface area contributed by atoms with E-state index in [0.717, 1.165) is 24.1 Å². The Morgan fingerprint density at radius 2 is 0.886 bits per heavy atom. The van der Waals surface area contributed by atoms with Crippen molar-refractivity contribution in [2.75, 3.05) is 6.54 Å². The Morgan fingerprint density at radius 3 is 1.34 bits per heavy atom. The monoisotopic (exact) mass is 468 g/mol. The summed E-state index contributed by atoms with van der Waals surface area (Å²) in [4.78, 5) is 0. The summed E-state index contributed by atoms with van der Waals surface area (Å²) in [5, 5.41) is 0. The maximum absolute atomic E-state index is 2.44. The van der Waals surface area contributed by atoms with Crippen molar-refractivity contribution in [3.05, 3.63) is 120 Å². The second-order valence-corrected chi connectivity index (χ2v) is 10.2. The fraction of sp³-hybridized carbons (Fsp3) is 0.412. The van der Waals surface area contributed by atoms with Crippen LogP contribution >= 0.6 is 0 Å². The average Bonchev–Trinajstić information content (AvgIpc) is 2.89. The summed E-state index contributed by atoms with van der Waals surface area (Å²) in [6, 6.07) is 33.2. The first-order chi connectivity index (χ1) is 17.3. The van der Waals surface area contributed by atoms with Crippen LogP contribution in [0.15, 0.2) is 103 Å². The molecule has 186 valence electrons. The molecule has 0 aromatic heterocycles. The van der Waals surface area contributed by atoms with Gasteiger partial charge in [0.25, 0.3) is 0 Å². The zero-order chi connectivity index (χ0) is 24.4. The Hall–Kier alpha value is -2.64. The van der Waals surface area contributed by atoms with E-state index in [9.17, 15) is 0 Å². The molecular formula is C34H46N+. The van der Waals surface area contributed by atoms with E-state index < -0.39 is 0 Å². The first-order valence-corrected chi connectivity index (χ1v) is 13.9. The standard InChI is InChI=1S/C34H46N/c1-2-3-4-5-6-7-8-9-10-11-21-28-35(29-32-22-15-12-16-23-32,30-33-24-17-13-18-25-33)31-34-26-19-14-20-27-34/h9-10,12-20,22-27H,2-8,11,21,28-31H2,1H3/q+1/b10-9+. The Kier molecular flexibility index (Phi) is 12.4. The van der Waals surface area contributed by atoms with E-state index >= 15 is 0 Å². The van der Waals surface area contributed by atoms with Crippen LogP contribution in [0.2, 0.25) is 0 Å². The van der Waals surface area contributed by atoms with Crippen molar-refractivity contribution in [3.8, 4) is 0 Å². The van der Waals surface area contributed by atoms with Crippen molar-refractivity contribution in [2.45, 2.75) is 84.3 Å². The first-order valence-electron chi connectivity index (χ1n) is 13.9. The Bertz CT molecular complexity index is 829. The molecular weight excluding hydrogens is 422 g/mol. The molecule has 3 aromatic rings. The molecule has 0 aliphatic heterocycles. The molecule has 0 saturated heterocycles. The van der Waals surface area contributed by atoms with Crippen LogP contribution in [0, 0.1) is 0 Å². The molecule has 0 saturated carbocycles. The van der Waals surface area contributed by atoms with Gasteiger partial charge in [0.05, 0.1) is 6.54 Å². The predicted molar refractivity (Wildman–Crippen MR) is 152 cm³/mol. The van der Waals surface area contributed by atoms with E-state index in [1.165, 1.54) is 81.0 Å². The van der Waals surface area contributed by atoms with E-state index in [-0.39, 0.29) is 0 Å². The smallest absolute Gasteiger partial charge is 0.105 e. The molecule has 0 fully saturated rings. The lowest BCUT2D eigenvalue weighted by Gasteiger charge is -2.39. The van der Waals surface area contributed by atoms with Crippen molar-refractivity contribution < 1.29 is 4.48 Å². The number of allylic oxidation sites excluding steroid dienone is 2. The first kappa shape index (κ1) is 27.0. The number of hydrogen-bond donors (Lipinski definition) is 0. The van der Waals surface area contributed by atoms with Crippen molar-refractivity contribution in [3.63, 3.8) is 0 Å². The average molecular weight is 469 g/mol. The highest BCUT2D eigenvalue weighted by Gasteiger charge is 2.28. The summed E-state index contributed by atoms with van der Waals surface area (Å²) in [5.41, 5.74) is 4.29. The van der Waals surface area contributed by atoms with Gasteiger partial charge in [0.1, 0.15) is 19.6 Å². The lowest BCUT2D eigenvalue weighted by molar-refractivity contribution is -0.966. The maximum atomic E-state index is 2.44. The third-order valence-corrected chi connectivity index (χ3v) is 6.98. The summed E-state index contributed by atoms with van der Waals surface area (Å²) in [5.74, 6) is 0. The van der Waals surface area contributed by atoms with Gasteiger partial charge in [0, 0.05) is 23.1 Å². The van der Waals surface area contributed by atoms with Crippen LogP contribution in [0.3, 0.4) is 0 Å². The molecule has 35 heavy (non-hydrogen) atoms. The molecule has 1 nitrogen and oxygen atoms in total. The zero-order valence-electron chi connectivity index (χ0n) is 22.0. The molecule has 0 spiro atoms. The molecule has 3 aromatic carbocycles. The number of unbranched alkanes of at least 4 members (excludes halogenated alkanes) is 7. The van der Waals surface area contributed by atoms with Gasteiger partial charge in [0.2, 0.25) is 0 Å². The van der Waals surface area contributed by atoms with Crippen LogP contribution in [0.25, 0.3) is 0 Å². The number of rotatable bonds is 17. The normalized spacial score (nSPS) is 11.8. The van der Waals surface area contributed by atoms with Crippen molar-refractivity contribution in [1.29, 1.82) is 0 Å². The molecule has 0 aliphatic carbocycles. The van der Waals surface area contributed by atoms with Crippen LogP contribution in [0.5, 0.6) is 0 Å². The predicted octanol–water partition coefficient (Wildman–Crippen LogP) is 9.49. The topological polar surface area (TPSA) is 0 Å². The van der Waals surface area contributed by atoms with Crippen LogP contribution in [0.4, 0.5) is 0 Å². The van der Waals surface area contributed by atoms with Gasteiger partial charge >= 0.3 is 0 Å². The van der Waals surface area contributed by atoms with Gasteiger partial charge in [-0.25, -0.2) is 0 Å². The van der Waals surface area contributed by atoms with Gasteiger partial charge in [-0.05, 0) is 19.3 Å². The molecule has 0 atom stereocenters. The molecule has 0 unspecified atom stereocenters. The lowest BCUT2D eigenvalue weighted by atomic mass is 10.1. The quantitative estimate of drug-likeness (QED) is 0.105. The third-order valence-electron chi connectivity index (χ3n) is 6.98. The Morgan fingerprint density at radius 1 is 0.486 bits per heavy atom. The molecule has 0 bridgehead atoms. The van der Waals surface area contributed by atoms with E-state index in [0.29, 0.717) is 0 Å². The number of benzene rings is 3. The highest BCUT2D eigenvalue weighted by atomic mass is 15.3. The molecule has 0 heterocycles. The highest BCUT2D eigenvalue weighted by Crippen LogP contribution is 2.25. The summed E-state index contributed by atoms with van der Waals surface area (Å²) < 4.78 is 1.06. The minimum atomic E-state index is 1.06. The summed E-state index contributed by atoms with van der Waals surface area (Å²) in [6.45, 7) is 6.65. The molecule has 0 amide bonds. The minimum absolute atomic E-state index is 1.06. The van der Waals surface area contributed by atoms with E-state index in [1.807, 2.05) is 0 Å². The number of hydrogen-bond acceptors (Lipinski definition) is 0. The van der Waals surface area contributed by atoms with E-state index in [1.54, 1.807) is 0 Å². The van der Waals surface area contributed by atoms with Crippen molar-refractivity contribution >= 4 is 0 Å². The highest BCUT2D eigenvalue weighted by molar-refractivity contribution is 5.17. The van der Waals surface area contributed by atoms with E-state index in [2.05, 4.69) is 110 Å². The molecule has 3 rings (SSSR count). The molecule has 1 heteroatoms. The van der Waals surface area contributed by atoms with Crippen molar-refractivity contribution in [2.24, 2.45) is 0 Å². The summed E-state index contributed by atoms with van der Waals surface area (Å²) in [7, 11) is 0. The fourth-order valence-corrected chi connectivity index (χ4v) is 5.14. The van der Waals surface area contributed by atoms with Gasteiger partial charge in [-0.1, -0.05) is 142 Å². The van der Waals surface area contributed by atoms with Crippen LogP contribution < -0.4 is 0 Å². The minimum Gasteiger partial charge on any atom is -0.312 e. The van der Waals surface area contributed by atoms with Gasteiger partial charge in [0.15, 0.2) is 0 Å². The van der Waals surface area contributed by atoms with Gasteiger partial charge in [-0.3, -0.25) is 0 Å². The summed E-state index contributed by atoms with van der Waals surface area (Å²) >= 11 is 0. The Labute approximate surface area is 215 Å². The van der Waals surface area contributed by atoms with Crippen LogP contribution in [0.1, 0.15) is 81.4 Å². The van der Waals surface area contributed by atoms with E-state index in [4.69, 9.17) is 0 Å². The number of nitrogens with zero attached hydrogens (tertiary/aromatic N) is 1. The Balaban J connectivity index is 1.65. The van der Waals surface area contributed by atoms with Crippen LogP contribution in [-0.4, -0.2) is 11.0 Å². The molecule has 0 aliphatic rings. The van der Waals surface area contributed by atoms with Gasteiger partial charge in [-0.15, -0.1) is 0 Å².